The third kappa shape index (κ3) is 3.56. The van der Waals surface area contributed by atoms with E-state index in [0.29, 0.717) is 22.6 Å². The van der Waals surface area contributed by atoms with E-state index >= 15 is 0 Å². The van der Waals surface area contributed by atoms with E-state index in [1.54, 1.807) is 19.1 Å². The van der Waals surface area contributed by atoms with E-state index in [1.165, 1.54) is 24.3 Å². The number of carbonyl (C=O) groups excluding carboxylic acids is 1. The molecule has 0 spiro atoms. The molecule has 0 radical (unpaired) electrons. The van der Waals surface area contributed by atoms with Crippen molar-refractivity contribution in [2.45, 2.75) is 32.1 Å². The molecule has 2 N–H and O–H groups in total. The number of phenols is 1. The molecule has 0 bridgehead atoms. The van der Waals surface area contributed by atoms with Crippen LogP contribution in [0.25, 0.3) is 11.0 Å². The first-order chi connectivity index (χ1) is 12.9. The Balaban J connectivity index is 1.60. The fourth-order valence-corrected chi connectivity index (χ4v) is 3.29. The second-order valence-electron chi connectivity index (χ2n) is 6.95. The second kappa shape index (κ2) is 6.54. The number of aryl methyl sites for hydroxylation is 1. The van der Waals surface area contributed by atoms with Crippen molar-refractivity contribution in [2.75, 3.05) is 5.32 Å². The van der Waals surface area contributed by atoms with Crippen molar-refractivity contribution < 1.29 is 18.7 Å². The summed E-state index contributed by atoms with van der Waals surface area (Å²) >= 11 is 0. The third-order valence-corrected chi connectivity index (χ3v) is 4.86. The van der Waals surface area contributed by atoms with Gasteiger partial charge in [-0.2, -0.15) is 0 Å². The summed E-state index contributed by atoms with van der Waals surface area (Å²) in [6.45, 7) is 1.73. The van der Waals surface area contributed by atoms with Gasteiger partial charge in [0, 0.05) is 17.1 Å². The second-order valence-corrected chi connectivity index (χ2v) is 6.95. The third-order valence-electron chi connectivity index (χ3n) is 4.86. The van der Waals surface area contributed by atoms with Gasteiger partial charge in [-0.05, 0) is 67.1 Å². The average molecular weight is 367 g/mol. The van der Waals surface area contributed by atoms with Crippen LogP contribution in [0.4, 0.5) is 10.1 Å². The maximum Gasteiger partial charge on any atom is 0.340 e. The van der Waals surface area contributed by atoms with Crippen LogP contribution in [0.5, 0.6) is 5.75 Å². The first-order valence-corrected chi connectivity index (χ1v) is 8.76. The van der Waals surface area contributed by atoms with Gasteiger partial charge in [0.1, 0.15) is 17.1 Å². The molecular formula is C21H18FNO4. The van der Waals surface area contributed by atoms with Crippen LogP contribution in [0.3, 0.4) is 0 Å². The van der Waals surface area contributed by atoms with Crippen LogP contribution in [-0.2, 0) is 11.2 Å². The van der Waals surface area contributed by atoms with Crippen LogP contribution in [0.1, 0.15) is 35.4 Å². The van der Waals surface area contributed by atoms with E-state index in [9.17, 15) is 19.1 Å². The molecule has 138 valence electrons. The molecule has 0 aliphatic heterocycles. The molecule has 6 heteroatoms. The molecule has 27 heavy (non-hydrogen) atoms. The summed E-state index contributed by atoms with van der Waals surface area (Å²) in [6.07, 6.45) is 1.88. The molecule has 3 aromatic rings. The van der Waals surface area contributed by atoms with Gasteiger partial charge in [0.25, 0.3) is 0 Å². The van der Waals surface area contributed by atoms with Crippen molar-refractivity contribution in [3.63, 3.8) is 0 Å². The standard InChI is InChI=1S/C21H18FNO4/c1-11-17-5-4-16(24)9-19(17)27-21(26)18(11)10-20(25)23-15-7-13(12-2-3-12)6-14(22)8-15/h4-9,12,24H,2-3,10H2,1H3,(H,23,25). The predicted molar refractivity (Wildman–Crippen MR) is 99.6 cm³/mol. The highest BCUT2D eigenvalue weighted by molar-refractivity contribution is 5.93. The van der Waals surface area contributed by atoms with Crippen LogP contribution in [-0.4, -0.2) is 11.0 Å². The average Bonchev–Trinajstić information content (AvgIpc) is 3.43. The van der Waals surface area contributed by atoms with Gasteiger partial charge >= 0.3 is 5.63 Å². The van der Waals surface area contributed by atoms with E-state index in [2.05, 4.69) is 5.32 Å². The van der Waals surface area contributed by atoms with Gasteiger partial charge in [-0.1, -0.05) is 0 Å². The maximum atomic E-state index is 13.8. The minimum atomic E-state index is -0.626. The Labute approximate surface area is 154 Å². The van der Waals surface area contributed by atoms with E-state index in [4.69, 9.17) is 4.42 Å². The minimum Gasteiger partial charge on any atom is -0.508 e. The summed E-state index contributed by atoms with van der Waals surface area (Å²) < 4.78 is 19.0. The number of halogens is 1. The van der Waals surface area contributed by atoms with Gasteiger partial charge < -0.3 is 14.8 Å². The van der Waals surface area contributed by atoms with Gasteiger partial charge in [0.15, 0.2) is 0 Å². The minimum absolute atomic E-state index is 0.00638. The lowest BCUT2D eigenvalue weighted by Gasteiger charge is -2.10. The summed E-state index contributed by atoms with van der Waals surface area (Å²) in [5.74, 6) is -0.456. The van der Waals surface area contributed by atoms with Crippen LogP contribution in [0.15, 0.2) is 45.6 Å². The maximum absolute atomic E-state index is 13.8. The smallest absolute Gasteiger partial charge is 0.340 e. The number of hydrogen-bond acceptors (Lipinski definition) is 4. The number of fused-ring (bicyclic) bond motifs is 1. The Hall–Kier alpha value is -3.15. The summed E-state index contributed by atoms with van der Waals surface area (Å²) in [6, 6.07) is 9.02. The van der Waals surface area contributed by atoms with E-state index in [-0.39, 0.29) is 23.3 Å². The summed E-state index contributed by atoms with van der Waals surface area (Å²) in [7, 11) is 0. The molecule has 1 aromatic heterocycles. The lowest BCUT2D eigenvalue weighted by molar-refractivity contribution is -0.115. The molecule has 0 atom stereocenters. The quantitative estimate of drug-likeness (QED) is 0.683. The summed E-state index contributed by atoms with van der Waals surface area (Å²) in [4.78, 5) is 24.7. The number of amides is 1. The normalized spacial score (nSPS) is 13.7. The van der Waals surface area contributed by atoms with Crippen LogP contribution in [0.2, 0.25) is 0 Å². The van der Waals surface area contributed by atoms with Gasteiger partial charge in [-0.25, -0.2) is 9.18 Å². The summed E-state index contributed by atoms with van der Waals surface area (Å²) in [5, 5.41) is 12.8. The topological polar surface area (TPSA) is 79.5 Å². The fraction of sp³-hybridized carbons (Fsp3) is 0.238. The highest BCUT2D eigenvalue weighted by Crippen LogP contribution is 2.41. The zero-order valence-corrected chi connectivity index (χ0v) is 14.7. The van der Waals surface area contributed by atoms with Gasteiger partial charge in [-0.15, -0.1) is 0 Å². The fourth-order valence-electron chi connectivity index (χ4n) is 3.29. The molecule has 1 saturated carbocycles. The number of phenolic OH excluding ortho intramolecular Hbond substituents is 1. The first kappa shape index (κ1) is 17.3. The molecule has 1 fully saturated rings. The lowest BCUT2D eigenvalue weighted by atomic mass is 10.0. The highest BCUT2D eigenvalue weighted by Gasteiger charge is 2.24. The molecule has 2 aromatic carbocycles. The van der Waals surface area contributed by atoms with Crippen molar-refractivity contribution in [1.29, 1.82) is 0 Å². The van der Waals surface area contributed by atoms with Crippen LogP contribution >= 0.6 is 0 Å². The summed E-state index contributed by atoms with van der Waals surface area (Å²) in [5.41, 5.74) is 1.76. The Morgan fingerprint density at radius 3 is 2.78 bits per heavy atom. The number of nitrogens with one attached hydrogen (secondary N) is 1. The number of benzene rings is 2. The monoisotopic (exact) mass is 367 g/mol. The van der Waals surface area contributed by atoms with Crippen molar-refractivity contribution in [3.8, 4) is 5.75 Å². The van der Waals surface area contributed by atoms with Crippen molar-refractivity contribution >= 4 is 22.6 Å². The molecule has 1 amide bonds. The number of rotatable bonds is 4. The Kier molecular flexibility index (Phi) is 4.18. The molecule has 5 nitrogen and oxygen atoms in total. The first-order valence-electron chi connectivity index (χ1n) is 8.76. The Bertz CT molecular complexity index is 1120. The molecule has 4 rings (SSSR count). The number of anilines is 1. The van der Waals surface area contributed by atoms with E-state index < -0.39 is 17.3 Å². The van der Waals surface area contributed by atoms with E-state index in [1.807, 2.05) is 0 Å². The van der Waals surface area contributed by atoms with Crippen molar-refractivity contribution in [2.24, 2.45) is 0 Å². The van der Waals surface area contributed by atoms with Crippen molar-refractivity contribution in [1.82, 2.24) is 0 Å². The zero-order chi connectivity index (χ0) is 19.1. The van der Waals surface area contributed by atoms with Crippen molar-refractivity contribution in [3.05, 3.63) is 69.3 Å². The molecule has 1 heterocycles. The van der Waals surface area contributed by atoms with Crippen LogP contribution in [0, 0.1) is 12.7 Å². The molecule has 0 saturated heterocycles. The predicted octanol–water partition coefficient (Wildman–Crippen LogP) is 4.00. The Morgan fingerprint density at radius 1 is 1.26 bits per heavy atom. The molecule has 0 unspecified atom stereocenters. The zero-order valence-electron chi connectivity index (χ0n) is 14.7. The number of carbonyl (C=O) groups is 1. The Morgan fingerprint density at radius 2 is 2.04 bits per heavy atom. The molecular weight excluding hydrogens is 349 g/mol. The van der Waals surface area contributed by atoms with Gasteiger partial charge in [0.05, 0.1) is 12.0 Å². The van der Waals surface area contributed by atoms with E-state index in [0.717, 1.165) is 18.4 Å². The number of hydrogen-bond donors (Lipinski definition) is 2. The number of aromatic hydroxyl groups is 1. The van der Waals surface area contributed by atoms with Crippen LogP contribution < -0.4 is 10.9 Å². The molecule has 1 aliphatic carbocycles. The lowest BCUT2D eigenvalue weighted by Crippen LogP contribution is -2.20. The largest absolute Gasteiger partial charge is 0.508 e. The van der Waals surface area contributed by atoms with Gasteiger partial charge in [-0.3, -0.25) is 4.79 Å². The molecule has 1 aliphatic rings. The SMILES string of the molecule is Cc1c(CC(=O)Nc2cc(F)cc(C3CC3)c2)c(=O)oc2cc(O)ccc12. The highest BCUT2D eigenvalue weighted by atomic mass is 19.1. The van der Waals surface area contributed by atoms with Gasteiger partial charge in [0.2, 0.25) is 5.91 Å².